The standard InChI is InChI=1S/C13H22N4/c1-13(2,9-14)12-15-6-4-11(16-12)10-5-7-17(3)8-10/h4,6,10H,5,7-9,14H2,1-3H3. The second-order valence-corrected chi connectivity index (χ2v) is 5.64. The van der Waals surface area contributed by atoms with Crippen LogP contribution in [0, 0.1) is 0 Å². The Balaban J connectivity index is 2.23. The predicted octanol–water partition coefficient (Wildman–Crippen LogP) is 1.13. The number of rotatable bonds is 3. The molecule has 2 rings (SSSR count). The highest BCUT2D eigenvalue weighted by molar-refractivity contribution is 5.15. The summed E-state index contributed by atoms with van der Waals surface area (Å²) in [5.41, 5.74) is 6.80. The Morgan fingerprint density at radius 1 is 1.53 bits per heavy atom. The lowest BCUT2D eigenvalue weighted by atomic mass is 9.92. The van der Waals surface area contributed by atoms with Crippen molar-refractivity contribution >= 4 is 0 Å². The molecule has 1 atom stereocenters. The van der Waals surface area contributed by atoms with Crippen molar-refractivity contribution in [3.8, 4) is 0 Å². The van der Waals surface area contributed by atoms with Gasteiger partial charge >= 0.3 is 0 Å². The number of likely N-dealkylation sites (tertiary alicyclic amines) is 1. The lowest BCUT2D eigenvalue weighted by molar-refractivity contribution is 0.410. The second-order valence-electron chi connectivity index (χ2n) is 5.64. The van der Waals surface area contributed by atoms with Crippen LogP contribution in [0.1, 0.15) is 37.7 Å². The molecule has 17 heavy (non-hydrogen) atoms. The Morgan fingerprint density at radius 2 is 2.29 bits per heavy atom. The molecule has 1 aliphatic rings. The molecule has 1 aromatic rings. The van der Waals surface area contributed by atoms with Crippen LogP contribution in [0.3, 0.4) is 0 Å². The molecule has 2 N–H and O–H groups in total. The highest BCUT2D eigenvalue weighted by atomic mass is 15.1. The summed E-state index contributed by atoms with van der Waals surface area (Å²) in [6.07, 6.45) is 3.06. The van der Waals surface area contributed by atoms with Gasteiger partial charge in [-0.15, -0.1) is 0 Å². The van der Waals surface area contributed by atoms with Gasteiger partial charge < -0.3 is 10.6 Å². The molecule has 0 bridgehead atoms. The molecule has 1 saturated heterocycles. The lowest BCUT2D eigenvalue weighted by Crippen LogP contribution is -2.30. The maximum atomic E-state index is 5.78. The first kappa shape index (κ1) is 12.5. The van der Waals surface area contributed by atoms with Gasteiger partial charge in [0.2, 0.25) is 0 Å². The van der Waals surface area contributed by atoms with Crippen molar-refractivity contribution in [1.29, 1.82) is 0 Å². The van der Waals surface area contributed by atoms with Crippen LogP contribution in [-0.4, -0.2) is 41.5 Å². The van der Waals surface area contributed by atoms with Crippen LogP contribution < -0.4 is 5.73 Å². The average Bonchev–Trinajstić information content (AvgIpc) is 2.76. The second kappa shape index (κ2) is 4.70. The number of hydrogen-bond acceptors (Lipinski definition) is 4. The Hall–Kier alpha value is -1.00. The zero-order chi connectivity index (χ0) is 12.5. The van der Waals surface area contributed by atoms with Crippen molar-refractivity contribution < 1.29 is 0 Å². The van der Waals surface area contributed by atoms with E-state index in [1.54, 1.807) is 0 Å². The number of aromatic nitrogens is 2. The van der Waals surface area contributed by atoms with Crippen LogP contribution in [0.4, 0.5) is 0 Å². The minimum Gasteiger partial charge on any atom is -0.329 e. The number of likely N-dealkylation sites (N-methyl/N-ethyl adjacent to an activating group) is 1. The maximum absolute atomic E-state index is 5.78. The van der Waals surface area contributed by atoms with E-state index >= 15 is 0 Å². The molecule has 4 heteroatoms. The van der Waals surface area contributed by atoms with Crippen LogP contribution in [0.25, 0.3) is 0 Å². The Labute approximate surface area is 103 Å². The highest BCUT2D eigenvalue weighted by Gasteiger charge is 2.26. The first-order valence-electron chi connectivity index (χ1n) is 6.25. The van der Waals surface area contributed by atoms with Gasteiger partial charge in [0.25, 0.3) is 0 Å². The van der Waals surface area contributed by atoms with Crippen LogP contribution in [0.15, 0.2) is 12.3 Å². The summed E-state index contributed by atoms with van der Waals surface area (Å²) < 4.78 is 0. The minimum atomic E-state index is -0.138. The highest BCUT2D eigenvalue weighted by Crippen LogP contribution is 2.26. The Bertz CT molecular complexity index is 389. The van der Waals surface area contributed by atoms with Crippen LogP contribution in [-0.2, 0) is 5.41 Å². The van der Waals surface area contributed by atoms with Gasteiger partial charge in [0.05, 0.1) is 0 Å². The number of hydrogen-bond donors (Lipinski definition) is 1. The third-order valence-electron chi connectivity index (χ3n) is 3.60. The van der Waals surface area contributed by atoms with Crippen LogP contribution >= 0.6 is 0 Å². The molecule has 1 unspecified atom stereocenters. The quantitative estimate of drug-likeness (QED) is 0.852. The van der Waals surface area contributed by atoms with Crippen LogP contribution in [0.2, 0.25) is 0 Å². The van der Waals surface area contributed by atoms with E-state index < -0.39 is 0 Å². The van der Waals surface area contributed by atoms with E-state index in [-0.39, 0.29) is 5.41 Å². The Kier molecular flexibility index (Phi) is 3.45. The van der Waals surface area contributed by atoms with E-state index in [0.717, 1.165) is 18.9 Å². The van der Waals surface area contributed by atoms with Gasteiger partial charge in [-0.25, -0.2) is 9.97 Å². The first-order chi connectivity index (χ1) is 8.03. The van der Waals surface area contributed by atoms with E-state index in [4.69, 9.17) is 10.7 Å². The summed E-state index contributed by atoms with van der Waals surface area (Å²) >= 11 is 0. The van der Waals surface area contributed by atoms with Gasteiger partial charge in [0, 0.05) is 36.3 Å². The average molecular weight is 234 g/mol. The van der Waals surface area contributed by atoms with Gasteiger partial charge in [-0.3, -0.25) is 0 Å². The van der Waals surface area contributed by atoms with E-state index in [0.29, 0.717) is 12.5 Å². The lowest BCUT2D eigenvalue weighted by Gasteiger charge is -2.21. The minimum absolute atomic E-state index is 0.138. The summed E-state index contributed by atoms with van der Waals surface area (Å²) in [7, 11) is 2.16. The van der Waals surface area contributed by atoms with Gasteiger partial charge in [0.15, 0.2) is 0 Å². The van der Waals surface area contributed by atoms with E-state index in [9.17, 15) is 0 Å². The molecule has 0 aliphatic carbocycles. The van der Waals surface area contributed by atoms with Crippen molar-refractivity contribution in [2.45, 2.75) is 31.6 Å². The summed E-state index contributed by atoms with van der Waals surface area (Å²) in [6, 6.07) is 2.04. The summed E-state index contributed by atoms with van der Waals surface area (Å²) in [5, 5.41) is 0. The fraction of sp³-hybridized carbons (Fsp3) is 0.692. The SMILES string of the molecule is CN1CCC(c2ccnc(C(C)(C)CN)n2)C1. The number of nitrogens with two attached hydrogens (primary N) is 1. The summed E-state index contributed by atoms with van der Waals surface area (Å²) in [6.45, 7) is 7.00. The molecule has 1 fully saturated rings. The molecule has 0 aromatic carbocycles. The molecule has 4 nitrogen and oxygen atoms in total. The van der Waals surface area contributed by atoms with Gasteiger partial charge in [-0.2, -0.15) is 0 Å². The van der Waals surface area contributed by atoms with Crippen LogP contribution in [0.5, 0.6) is 0 Å². The summed E-state index contributed by atoms with van der Waals surface area (Å²) in [4.78, 5) is 11.4. The molecule has 0 spiro atoms. The third-order valence-corrected chi connectivity index (χ3v) is 3.60. The first-order valence-corrected chi connectivity index (χ1v) is 6.25. The largest absolute Gasteiger partial charge is 0.329 e. The summed E-state index contributed by atoms with van der Waals surface area (Å²) in [5.74, 6) is 1.42. The third kappa shape index (κ3) is 2.64. The molecular formula is C13H22N4. The van der Waals surface area contributed by atoms with E-state index in [1.807, 2.05) is 12.3 Å². The number of nitrogens with zero attached hydrogens (tertiary/aromatic N) is 3. The zero-order valence-corrected chi connectivity index (χ0v) is 11.0. The van der Waals surface area contributed by atoms with E-state index in [2.05, 4.69) is 30.8 Å². The maximum Gasteiger partial charge on any atom is 0.135 e. The van der Waals surface area contributed by atoms with Crippen molar-refractivity contribution in [3.05, 3.63) is 23.8 Å². The molecule has 1 aromatic heterocycles. The zero-order valence-electron chi connectivity index (χ0n) is 11.0. The van der Waals surface area contributed by atoms with Gasteiger partial charge in [-0.1, -0.05) is 13.8 Å². The fourth-order valence-corrected chi connectivity index (χ4v) is 2.19. The van der Waals surface area contributed by atoms with E-state index in [1.165, 1.54) is 12.1 Å². The molecular weight excluding hydrogens is 212 g/mol. The van der Waals surface area contributed by atoms with Crippen molar-refractivity contribution in [1.82, 2.24) is 14.9 Å². The smallest absolute Gasteiger partial charge is 0.135 e. The Morgan fingerprint density at radius 3 is 2.88 bits per heavy atom. The van der Waals surface area contributed by atoms with Gasteiger partial charge in [0.1, 0.15) is 5.82 Å². The van der Waals surface area contributed by atoms with Crippen molar-refractivity contribution in [2.75, 3.05) is 26.7 Å². The van der Waals surface area contributed by atoms with Crippen molar-refractivity contribution in [2.24, 2.45) is 5.73 Å². The molecule has 0 saturated carbocycles. The predicted molar refractivity (Wildman–Crippen MR) is 69.0 cm³/mol. The molecule has 2 heterocycles. The van der Waals surface area contributed by atoms with Gasteiger partial charge in [-0.05, 0) is 26.1 Å². The topological polar surface area (TPSA) is 55.0 Å². The van der Waals surface area contributed by atoms with Crippen molar-refractivity contribution in [3.63, 3.8) is 0 Å². The normalized spacial score (nSPS) is 22.0. The molecule has 1 aliphatic heterocycles. The fourth-order valence-electron chi connectivity index (χ4n) is 2.19. The monoisotopic (exact) mass is 234 g/mol. The molecule has 0 amide bonds. The molecule has 0 radical (unpaired) electrons. The molecule has 94 valence electrons.